The molecule has 0 aromatic heterocycles. The molecule has 0 bridgehead atoms. The Morgan fingerprint density at radius 3 is 2.44 bits per heavy atom. The number of hydrogen-bond acceptors (Lipinski definition) is 6. The molecule has 0 atom stereocenters. The number of amides is 1. The van der Waals surface area contributed by atoms with E-state index in [0.717, 1.165) is 5.56 Å². The van der Waals surface area contributed by atoms with E-state index in [1.165, 1.54) is 18.2 Å². The van der Waals surface area contributed by atoms with Gasteiger partial charge in [-0.25, -0.2) is 9.18 Å². The Morgan fingerprint density at radius 2 is 1.75 bits per heavy atom. The maximum absolute atomic E-state index is 13.0. The fraction of sp³-hybridized carbons (Fsp3) is 0.375. The third-order valence-corrected chi connectivity index (χ3v) is 5.18. The van der Waals surface area contributed by atoms with Crippen LogP contribution in [0.2, 0.25) is 0 Å². The van der Waals surface area contributed by atoms with Crippen molar-refractivity contribution in [3.05, 3.63) is 65.5 Å². The third-order valence-electron chi connectivity index (χ3n) is 5.18. The Balaban J connectivity index is 1.45. The molecule has 1 aliphatic rings. The summed E-state index contributed by atoms with van der Waals surface area (Å²) in [4.78, 5) is 38.1. The normalized spacial score (nSPS) is 14.0. The van der Waals surface area contributed by atoms with Crippen LogP contribution < -0.4 is 4.74 Å². The SMILES string of the molecule is CCOC(=O)C1CCN(C(=O)COC(=O)c2cccc(OCc3ccc(F)cc3)c2)CC1. The van der Waals surface area contributed by atoms with Gasteiger partial charge in [-0.1, -0.05) is 18.2 Å². The highest BCUT2D eigenvalue weighted by Crippen LogP contribution is 2.19. The van der Waals surface area contributed by atoms with E-state index >= 15 is 0 Å². The van der Waals surface area contributed by atoms with Crippen LogP contribution in [-0.4, -0.2) is 49.0 Å². The zero-order valence-electron chi connectivity index (χ0n) is 17.9. The highest BCUT2D eigenvalue weighted by molar-refractivity contribution is 5.91. The number of hydrogen-bond donors (Lipinski definition) is 0. The van der Waals surface area contributed by atoms with Gasteiger partial charge in [0.05, 0.1) is 18.1 Å². The topological polar surface area (TPSA) is 82.1 Å². The molecule has 3 rings (SSSR count). The van der Waals surface area contributed by atoms with Gasteiger partial charge in [0.25, 0.3) is 5.91 Å². The van der Waals surface area contributed by atoms with Crippen molar-refractivity contribution in [2.24, 2.45) is 5.92 Å². The Kier molecular flexibility index (Phi) is 8.19. The summed E-state index contributed by atoms with van der Waals surface area (Å²) in [6.07, 6.45) is 1.07. The van der Waals surface area contributed by atoms with E-state index in [1.807, 2.05) is 0 Å². The molecule has 1 amide bonds. The summed E-state index contributed by atoms with van der Waals surface area (Å²) in [5.74, 6) is -1.23. The van der Waals surface area contributed by atoms with Gasteiger partial charge in [-0.05, 0) is 55.7 Å². The van der Waals surface area contributed by atoms with E-state index in [9.17, 15) is 18.8 Å². The van der Waals surface area contributed by atoms with Crippen molar-refractivity contribution in [2.75, 3.05) is 26.3 Å². The summed E-state index contributed by atoms with van der Waals surface area (Å²) in [5.41, 5.74) is 1.05. The lowest BCUT2D eigenvalue weighted by Crippen LogP contribution is -2.42. The van der Waals surface area contributed by atoms with E-state index in [0.29, 0.717) is 38.3 Å². The van der Waals surface area contributed by atoms with Gasteiger partial charge in [0.15, 0.2) is 6.61 Å². The molecule has 8 heteroatoms. The highest BCUT2D eigenvalue weighted by Gasteiger charge is 2.28. The van der Waals surface area contributed by atoms with Crippen LogP contribution in [0.25, 0.3) is 0 Å². The average Bonchev–Trinajstić information content (AvgIpc) is 2.82. The molecule has 0 N–H and O–H groups in total. The van der Waals surface area contributed by atoms with Gasteiger partial charge in [0, 0.05) is 13.1 Å². The lowest BCUT2D eigenvalue weighted by atomic mass is 9.97. The summed E-state index contributed by atoms with van der Waals surface area (Å²) in [7, 11) is 0. The van der Waals surface area contributed by atoms with Crippen LogP contribution in [0.4, 0.5) is 4.39 Å². The Bertz CT molecular complexity index is 938. The van der Waals surface area contributed by atoms with Crippen LogP contribution in [-0.2, 0) is 25.7 Å². The lowest BCUT2D eigenvalue weighted by molar-refractivity contribution is -0.151. The van der Waals surface area contributed by atoms with Crippen LogP contribution in [0, 0.1) is 11.7 Å². The number of piperidine rings is 1. The summed E-state index contributed by atoms with van der Waals surface area (Å²) >= 11 is 0. The average molecular weight is 443 g/mol. The second-order valence-electron chi connectivity index (χ2n) is 7.43. The molecule has 1 heterocycles. The van der Waals surface area contributed by atoms with Crippen molar-refractivity contribution >= 4 is 17.8 Å². The molecule has 170 valence electrons. The molecule has 0 spiro atoms. The summed E-state index contributed by atoms with van der Waals surface area (Å²) < 4.78 is 28.8. The molecule has 32 heavy (non-hydrogen) atoms. The van der Waals surface area contributed by atoms with Crippen molar-refractivity contribution in [3.8, 4) is 5.75 Å². The molecule has 0 aliphatic carbocycles. The fourth-order valence-corrected chi connectivity index (χ4v) is 3.39. The first-order valence-corrected chi connectivity index (χ1v) is 10.5. The smallest absolute Gasteiger partial charge is 0.338 e. The number of ether oxygens (including phenoxy) is 3. The van der Waals surface area contributed by atoms with Gasteiger partial charge in [0.1, 0.15) is 18.2 Å². The van der Waals surface area contributed by atoms with Gasteiger partial charge >= 0.3 is 11.9 Å². The second kappa shape index (κ2) is 11.3. The van der Waals surface area contributed by atoms with E-state index < -0.39 is 5.97 Å². The third kappa shape index (κ3) is 6.54. The van der Waals surface area contributed by atoms with Crippen molar-refractivity contribution in [2.45, 2.75) is 26.4 Å². The first-order valence-electron chi connectivity index (χ1n) is 10.5. The number of carbonyl (C=O) groups is 3. The highest BCUT2D eigenvalue weighted by atomic mass is 19.1. The van der Waals surface area contributed by atoms with Gasteiger partial charge in [0.2, 0.25) is 0 Å². The summed E-state index contributed by atoms with van der Waals surface area (Å²) in [6, 6.07) is 12.4. The minimum absolute atomic E-state index is 0.195. The van der Waals surface area contributed by atoms with Crippen LogP contribution >= 0.6 is 0 Å². The Hall–Kier alpha value is -3.42. The molecule has 1 aliphatic heterocycles. The molecule has 7 nitrogen and oxygen atoms in total. The van der Waals surface area contributed by atoms with Crippen molar-refractivity contribution in [1.29, 1.82) is 0 Å². The summed E-state index contributed by atoms with van der Waals surface area (Å²) in [5, 5.41) is 0. The lowest BCUT2D eigenvalue weighted by Gasteiger charge is -2.30. The van der Waals surface area contributed by atoms with E-state index in [4.69, 9.17) is 14.2 Å². The van der Waals surface area contributed by atoms with E-state index in [2.05, 4.69) is 0 Å². The minimum atomic E-state index is -0.632. The number of halogens is 1. The number of esters is 2. The van der Waals surface area contributed by atoms with Gasteiger partial charge < -0.3 is 19.1 Å². The monoisotopic (exact) mass is 443 g/mol. The number of likely N-dealkylation sites (tertiary alicyclic amines) is 1. The molecule has 0 saturated carbocycles. The van der Waals surface area contributed by atoms with Crippen LogP contribution in [0.5, 0.6) is 5.75 Å². The van der Waals surface area contributed by atoms with Crippen molar-refractivity contribution < 1.29 is 33.0 Å². The standard InChI is InChI=1S/C24H26FNO6/c1-2-30-23(28)18-10-12-26(13-11-18)22(27)16-32-24(29)19-4-3-5-21(14-19)31-15-17-6-8-20(25)9-7-17/h3-9,14,18H,2,10-13,15-16H2,1H3. The first-order chi connectivity index (χ1) is 15.5. The largest absolute Gasteiger partial charge is 0.489 e. The van der Waals surface area contributed by atoms with Crippen molar-refractivity contribution in [1.82, 2.24) is 4.90 Å². The number of carbonyl (C=O) groups excluding carboxylic acids is 3. The number of rotatable bonds is 8. The quantitative estimate of drug-likeness (QED) is 0.582. The number of benzene rings is 2. The fourth-order valence-electron chi connectivity index (χ4n) is 3.39. The molecule has 0 unspecified atom stereocenters. The Labute approximate surface area is 186 Å². The maximum atomic E-state index is 13.0. The minimum Gasteiger partial charge on any atom is -0.489 e. The van der Waals surface area contributed by atoms with Crippen molar-refractivity contribution in [3.63, 3.8) is 0 Å². The van der Waals surface area contributed by atoms with E-state index in [-0.39, 0.29) is 42.4 Å². The van der Waals surface area contributed by atoms with Gasteiger partial charge in [-0.2, -0.15) is 0 Å². The predicted octanol–water partition coefficient (Wildman–Crippen LogP) is 3.36. The zero-order chi connectivity index (χ0) is 22.9. The van der Waals surface area contributed by atoms with E-state index in [1.54, 1.807) is 42.2 Å². The number of nitrogens with zero attached hydrogens (tertiary/aromatic N) is 1. The molecule has 1 fully saturated rings. The predicted molar refractivity (Wildman–Crippen MR) is 113 cm³/mol. The molecule has 2 aromatic rings. The molecule has 2 aromatic carbocycles. The molecular formula is C24H26FNO6. The molecular weight excluding hydrogens is 417 g/mol. The first kappa shape index (κ1) is 23.2. The maximum Gasteiger partial charge on any atom is 0.338 e. The second-order valence-corrected chi connectivity index (χ2v) is 7.43. The molecule has 1 saturated heterocycles. The summed E-state index contributed by atoms with van der Waals surface area (Å²) in [6.45, 7) is 2.80. The van der Waals surface area contributed by atoms with Gasteiger partial charge in [-0.3, -0.25) is 9.59 Å². The van der Waals surface area contributed by atoms with Gasteiger partial charge in [-0.15, -0.1) is 0 Å². The van der Waals surface area contributed by atoms with Crippen LogP contribution in [0.3, 0.4) is 0 Å². The van der Waals surface area contributed by atoms with Crippen LogP contribution in [0.1, 0.15) is 35.7 Å². The molecule has 0 radical (unpaired) electrons. The van der Waals surface area contributed by atoms with Crippen LogP contribution in [0.15, 0.2) is 48.5 Å². The zero-order valence-corrected chi connectivity index (χ0v) is 17.9. The Morgan fingerprint density at radius 1 is 1.03 bits per heavy atom.